The molecule has 208 valence electrons. The molecule has 1 heterocycles. The molecule has 0 N–H and O–H groups in total. The van der Waals surface area contributed by atoms with Crippen LogP contribution in [0, 0.1) is 10.1 Å². The maximum Gasteiger partial charge on any atom is 0.269 e. The Hall–Kier alpha value is -4.73. The standard InChI is InChI=1S/C30H31N3O7/c1-19(2)21-6-10-23(11-7-21)32-28(34)18-25(30(32)36)31(29(35)22-8-12-24(13-9-22)33(37)38)16-15-20-5-14-26(39-3)27(17-20)40-4/h5-14,17,19,25H,15-16,18H2,1-4H3. The summed E-state index contributed by atoms with van der Waals surface area (Å²) in [4.78, 5) is 53.5. The van der Waals surface area contributed by atoms with E-state index in [1.807, 2.05) is 18.2 Å². The maximum atomic E-state index is 13.7. The van der Waals surface area contributed by atoms with Crippen LogP contribution in [0.1, 0.15) is 47.7 Å². The zero-order chi connectivity index (χ0) is 29.0. The number of non-ortho nitro benzene ring substituents is 1. The Bertz CT molecular complexity index is 1420. The summed E-state index contributed by atoms with van der Waals surface area (Å²) < 4.78 is 10.7. The number of rotatable bonds is 10. The van der Waals surface area contributed by atoms with Crippen molar-refractivity contribution in [3.05, 3.63) is 93.5 Å². The van der Waals surface area contributed by atoms with Gasteiger partial charge in [0, 0.05) is 24.2 Å². The predicted octanol–water partition coefficient (Wildman–Crippen LogP) is 4.75. The second kappa shape index (κ2) is 12.0. The molecule has 1 aliphatic heterocycles. The number of carbonyl (C=O) groups excluding carboxylic acids is 3. The van der Waals surface area contributed by atoms with Gasteiger partial charge in [-0.25, -0.2) is 4.90 Å². The van der Waals surface area contributed by atoms with Gasteiger partial charge in [0.1, 0.15) is 6.04 Å². The number of hydrogen-bond donors (Lipinski definition) is 0. The van der Waals surface area contributed by atoms with Gasteiger partial charge in [0.25, 0.3) is 17.5 Å². The molecule has 1 saturated heterocycles. The minimum absolute atomic E-state index is 0.120. The van der Waals surface area contributed by atoms with Crippen molar-refractivity contribution in [1.29, 1.82) is 0 Å². The van der Waals surface area contributed by atoms with Gasteiger partial charge in [0.15, 0.2) is 11.5 Å². The molecule has 3 aromatic carbocycles. The minimum Gasteiger partial charge on any atom is -0.493 e. The molecular weight excluding hydrogens is 514 g/mol. The molecule has 0 aliphatic carbocycles. The largest absolute Gasteiger partial charge is 0.493 e. The van der Waals surface area contributed by atoms with E-state index in [9.17, 15) is 24.5 Å². The zero-order valence-electron chi connectivity index (χ0n) is 22.8. The first-order valence-corrected chi connectivity index (χ1v) is 12.9. The summed E-state index contributed by atoms with van der Waals surface area (Å²) in [5.41, 5.74) is 2.38. The third kappa shape index (κ3) is 5.80. The van der Waals surface area contributed by atoms with Crippen molar-refractivity contribution in [3.63, 3.8) is 0 Å². The lowest BCUT2D eigenvalue weighted by Gasteiger charge is -2.28. The van der Waals surface area contributed by atoms with Crippen LogP contribution in [-0.2, 0) is 16.0 Å². The number of nitro groups is 1. The topological polar surface area (TPSA) is 119 Å². The number of amides is 3. The van der Waals surface area contributed by atoms with Crippen LogP contribution in [0.3, 0.4) is 0 Å². The van der Waals surface area contributed by atoms with Crippen LogP contribution in [-0.4, -0.2) is 54.4 Å². The minimum atomic E-state index is -1.03. The summed E-state index contributed by atoms with van der Waals surface area (Å²) in [6.45, 7) is 4.23. The molecule has 1 unspecified atom stereocenters. The first-order chi connectivity index (χ1) is 19.1. The molecule has 3 amide bonds. The highest BCUT2D eigenvalue weighted by Gasteiger charge is 2.44. The van der Waals surface area contributed by atoms with E-state index in [0.29, 0.717) is 23.6 Å². The number of imide groups is 1. The Labute approximate surface area is 232 Å². The number of nitro benzene ring substituents is 1. The van der Waals surface area contributed by atoms with Crippen molar-refractivity contribution in [2.75, 3.05) is 25.7 Å². The van der Waals surface area contributed by atoms with Crippen molar-refractivity contribution < 1.29 is 28.8 Å². The summed E-state index contributed by atoms with van der Waals surface area (Å²) in [6, 6.07) is 16.8. The normalized spacial score (nSPS) is 14.9. The Balaban J connectivity index is 1.64. The molecule has 4 rings (SSSR count). The Morgan fingerprint density at radius 2 is 1.65 bits per heavy atom. The lowest BCUT2D eigenvalue weighted by atomic mass is 10.0. The van der Waals surface area contributed by atoms with Crippen LogP contribution in [0.25, 0.3) is 0 Å². The molecule has 40 heavy (non-hydrogen) atoms. The zero-order valence-corrected chi connectivity index (χ0v) is 22.8. The molecule has 10 heteroatoms. The average Bonchev–Trinajstić information content (AvgIpc) is 3.25. The molecule has 1 fully saturated rings. The van der Waals surface area contributed by atoms with E-state index in [4.69, 9.17) is 9.47 Å². The number of carbonyl (C=O) groups is 3. The Kier molecular flexibility index (Phi) is 8.47. The first kappa shape index (κ1) is 28.3. The molecule has 1 atom stereocenters. The Morgan fingerprint density at radius 3 is 2.23 bits per heavy atom. The van der Waals surface area contributed by atoms with E-state index in [2.05, 4.69) is 13.8 Å². The predicted molar refractivity (Wildman–Crippen MR) is 149 cm³/mol. The first-order valence-electron chi connectivity index (χ1n) is 12.9. The average molecular weight is 546 g/mol. The van der Waals surface area contributed by atoms with Crippen LogP contribution in [0.4, 0.5) is 11.4 Å². The highest BCUT2D eigenvalue weighted by Crippen LogP contribution is 2.30. The lowest BCUT2D eigenvalue weighted by Crippen LogP contribution is -2.46. The van der Waals surface area contributed by atoms with E-state index < -0.39 is 28.7 Å². The van der Waals surface area contributed by atoms with E-state index in [1.165, 1.54) is 43.4 Å². The number of methoxy groups -OCH3 is 2. The van der Waals surface area contributed by atoms with Gasteiger partial charge in [-0.15, -0.1) is 0 Å². The molecule has 1 aliphatic rings. The smallest absolute Gasteiger partial charge is 0.269 e. The van der Waals surface area contributed by atoms with Crippen LogP contribution >= 0.6 is 0 Å². The fraction of sp³-hybridized carbons (Fsp3) is 0.300. The van der Waals surface area contributed by atoms with Gasteiger partial charge in [-0.3, -0.25) is 24.5 Å². The van der Waals surface area contributed by atoms with Crippen molar-refractivity contribution in [2.24, 2.45) is 0 Å². The van der Waals surface area contributed by atoms with E-state index in [1.54, 1.807) is 24.3 Å². The Morgan fingerprint density at radius 1 is 1.00 bits per heavy atom. The summed E-state index contributed by atoms with van der Waals surface area (Å²) in [7, 11) is 3.06. The fourth-order valence-electron chi connectivity index (χ4n) is 4.72. The molecular formula is C30H31N3O7. The van der Waals surface area contributed by atoms with Crippen molar-refractivity contribution >= 4 is 29.1 Å². The van der Waals surface area contributed by atoms with Gasteiger partial charge in [0.05, 0.1) is 31.3 Å². The summed E-state index contributed by atoms with van der Waals surface area (Å²) in [6.07, 6.45) is 0.190. The second-order valence-electron chi connectivity index (χ2n) is 9.78. The number of benzene rings is 3. The molecule has 3 aromatic rings. The molecule has 0 radical (unpaired) electrons. The number of hydrogen-bond acceptors (Lipinski definition) is 7. The van der Waals surface area contributed by atoms with Gasteiger partial charge in [-0.05, 0) is 59.9 Å². The summed E-state index contributed by atoms with van der Waals surface area (Å²) >= 11 is 0. The third-order valence-electron chi connectivity index (χ3n) is 6.99. The molecule has 0 spiro atoms. The van der Waals surface area contributed by atoms with Gasteiger partial charge in [-0.1, -0.05) is 32.0 Å². The van der Waals surface area contributed by atoms with Gasteiger partial charge in [0.2, 0.25) is 5.91 Å². The third-order valence-corrected chi connectivity index (χ3v) is 6.99. The SMILES string of the molecule is COc1ccc(CCN(C(=O)c2ccc([N+](=O)[O-])cc2)C2CC(=O)N(c3ccc(C(C)C)cc3)C2=O)cc1OC. The van der Waals surface area contributed by atoms with Crippen molar-refractivity contribution in [1.82, 2.24) is 4.90 Å². The quantitative estimate of drug-likeness (QED) is 0.205. The maximum absolute atomic E-state index is 13.7. The highest BCUT2D eigenvalue weighted by atomic mass is 16.6. The molecule has 0 bridgehead atoms. The van der Waals surface area contributed by atoms with Gasteiger partial charge < -0.3 is 14.4 Å². The van der Waals surface area contributed by atoms with Crippen molar-refractivity contribution in [2.45, 2.75) is 38.6 Å². The van der Waals surface area contributed by atoms with Crippen molar-refractivity contribution in [3.8, 4) is 11.5 Å². The highest BCUT2D eigenvalue weighted by molar-refractivity contribution is 6.23. The monoisotopic (exact) mass is 545 g/mol. The summed E-state index contributed by atoms with van der Waals surface area (Å²) in [5.74, 6) is -0.0291. The molecule has 0 aromatic heterocycles. The second-order valence-corrected chi connectivity index (χ2v) is 9.78. The van der Waals surface area contributed by atoms with Crippen LogP contribution in [0.15, 0.2) is 66.7 Å². The van der Waals surface area contributed by atoms with Crippen LogP contribution < -0.4 is 14.4 Å². The van der Waals surface area contributed by atoms with Gasteiger partial charge in [-0.2, -0.15) is 0 Å². The fourth-order valence-corrected chi connectivity index (χ4v) is 4.72. The summed E-state index contributed by atoms with van der Waals surface area (Å²) in [5, 5.41) is 11.1. The van der Waals surface area contributed by atoms with Gasteiger partial charge >= 0.3 is 0 Å². The van der Waals surface area contributed by atoms with E-state index in [-0.39, 0.29) is 30.1 Å². The number of ether oxygens (including phenoxy) is 2. The molecule has 0 saturated carbocycles. The van der Waals surface area contributed by atoms with E-state index in [0.717, 1.165) is 16.0 Å². The van der Waals surface area contributed by atoms with E-state index >= 15 is 0 Å². The number of nitrogens with zero attached hydrogens (tertiary/aromatic N) is 3. The number of anilines is 1. The lowest BCUT2D eigenvalue weighted by molar-refractivity contribution is -0.384. The van der Waals surface area contributed by atoms with Crippen LogP contribution in [0.2, 0.25) is 0 Å². The van der Waals surface area contributed by atoms with Crippen LogP contribution in [0.5, 0.6) is 11.5 Å². The molecule has 10 nitrogen and oxygen atoms in total.